The molecule has 1 N–H and O–H groups in total. The molecule has 0 radical (unpaired) electrons. The first-order valence-corrected chi connectivity index (χ1v) is 11.5. The number of aromatic nitrogens is 1. The highest BCUT2D eigenvalue weighted by Gasteiger charge is 2.35. The van der Waals surface area contributed by atoms with Crippen LogP contribution in [0.5, 0.6) is 0 Å². The first-order valence-electron chi connectivity index (χ1n) is 9.04. The maximum absolute atomic E-state index is 12.9. The minimum atomic E-state index is -0.518. The van der Waals surface area contributed by atoms with E-state index in [1.54, 1.807) is 52.3 Å². The van der Waals surface area contributed by atoms with Crippen molar-refractivity contribution < 1.29 is 9.59 Å². The summed E-state index contributed by atoms with van der Waals surface area (Å²) in [7, 11) is 0. The smallest absolute Gasteiger partial charge is 0.256 e. The number of nitrogens with zero attached hydrogens (tertiary/aromatic N) is 2. The Bertz CT molecular complexity index is 1030. The highest BCUT2D eigenvalue weighted by atomic mass is 35.5. The maximum Gasteiger partial charge on any atom is 0.256 e. The minimum absolute atomic E-state index is 0.176. The van der Waals surface area contributed by atoms with Gasteiger partial charge in [0.25, 0.3) is 5.91 Å². The van der Waals surface area contributed by atoms with Crippen LogP contribution in [0.3, 0.4) is 0 Å². The summed E-state index contributed by atoms with van der Waals surface area (Å²) in [4.78, 5) is 31.8. The highest BCUT2D eigenvalue weighted by Crippen LogP contribution is 2.26. The van der Waals surface area contributed by atoms with E-state index < -0.39 is 6.04 Å². The van der Waals surface area contributed by atoms with Crippen molar-refractivity contribution in [3.63, 3.8) is 0 Å². The molecule has 1 saturated heterocycles. The predicted octanol–water partition coefficient (Wildman–Crippen LogP) is 4.30. The molecule has 29 heavy (non-hydrogen) atoms. The van der Waals surface area contributed by atoms with Crippen LogP contribution in [0, 0.1) is 0 Å². The van der Waals surface area contributed by atoms with Gasteiger partial charge in [0.05, 0.1) is 28.7 Å². The summed E-state index contributed by atoms with van der Waals surface area (Å²) < 4.78 is 0. The molecule has 5 nitrogen and oxygen atoms in total. The van der Waals surface area contributed by atoms with Crippen molar-refractivity contribution in [1.29, 1.82) is 0 Å². The van der Waals surface area contributed by atoms with Crippen molar-refractivity contribution in [2.75, 3.05) is 11.6 Å². The lowest BCUT2D eigenvalue weighted by molar-refractivity contribution is -0.124. The van der Waals surface area contributed by atoms with Gasteiger partial charge in [0.15, 0.2) is 0 Å². The number of halogens is 1. The normalized spacial score (nSPS) is 16.0. The van der Waals surface area contributed by atoms with Gasteiger partial charge >= 0.3 is 0 Å². The molecule has 0 aliphatic carbocycles. The first kappa shape index (κ1) is 19.9. The van der Waals surface area contributed by atoms with Crippen LogP contribution in [0.4, 0.5) is 0 Å². The van der Waals surface area contributed by atoms with Gasteiger partial charge in [0.1, 0.15) is 11.0 Å². The number of amides is 2. The summed E-state index contributed by atoms with van der Waals surface area (Å²) in [5.74, 6) is 0.635. The SMILES string of the molecule is O=C(NCc1csc(-c2ccccc2)n1)[C@H]1CSCN1C(=O)c1ccccc1Cl. The average molecular weight is 444 g/mol. The molecule has 1 atom stereocenters. The third kappa shape index (κ3) is 4.47. The molecule has 2 heterocycles. The molecule has 1 aliphatic rings. The molecule has 3 aromatic rings. The second-order valence-corrected chi connectivity index (χ2v) is 8.76. The van der Waals surface area contributed by atoms with Crippen molar-refractivity contribution in [2.24, 2.45) is 0 Å². The van der Waals surface area contributed by atoms with E-state index in [9.17, 15) is 9.59 Å². The summed E-state index contributed by atoms with van der Waals surface area (Å²) >= 11 is 9.26. The molecular formula is C21H18ClN3O2S2. The predicted molar refractivity (Wildman–Crippen MR) is 118 cm³/mol. The van der Waals surface area contributed by atoms with Crippen LogP contribution >= 0.6 is 34.7 Å². The van der Waals surface area contributed by atoms with Gasteiger partial charge in [-0.05, 0) is 12.1 Å². The zero-order valence-electron chi connectivity index (χ0n) is 15.4. The molecule has 1 aromatic heterocycles. The van der Waals surface area contributed by atoms with Crippen molar-refractivity contribution >= 4 is 46.5 Å². The second-order valence-electron chi connectivity index (χ2n) is 6.50. The van der Waals surface area contributed by atoms with Crippen LogP contribution in [-0.4, -0.2) is 39.4 Å². The van der Waals surface area contributed by atoms with Crippen LogP contribution in [0.25, 0.3) is 10.6 Å². The van der Waals surface area contributed by atoms with Crippen LogP contribution in [0.15, 0.2) is 60.0 Å². The molecule has 1 aliphatic heterocycles. The lowest BCUT2D eigenvalue weighted by Crippen LogP contribution is -2.47. The summed E-state index contributed by atoms with van der Waals surface area (Å²) in [6, 6.07) is 16.3. The van der Waals surface area contributed by atoms with Gasteiger partial charge in [-0.3, -0.25) is 9.59 Å². The quantitative estimate of drug-likeness (QED) is 0.638. The van der Waals surface area contributed by atoms with E-state index in [0.717, 1.165) is 16.3 Å². The van der Waals surface area contributed by atoms with Crippen LogP contribution in [0.2, 0.25) is 5.02 Å². The number of carbonyl (C=O) groups is 2. The molecule has 2 aromatic carbocycles. The van der Waals surface area contributed by atoms with Gasteiger partial charge in [-0.2, -0.15) is 0 Å². The molecule has 2 amide bonds. The summed E-state index contributed by atoms with van der Waals surface area (Å²) in [5.41, 5.74) is 2.28. The van der Waals surface area contributed by atoms with Crippen molar-refractivity contribution in [3.8, 4) is 10.6 Å². The zero-order chi connectivity index (χ0) is 20.2. The fraction of sp³-hybridized carbons (Fsp3) is 0.190. The van der Waals surface area contributed by atoms with Crippen LogP contribution in [0.1, 0.15) is 16.1 Å². The van der Waals surface area contributed by atoms with E-state index in [-0.39, 0.29) is 11.8 Å². The second kappa shape index (κ2) is 8.98. The van der Waals surface area contributed by atoms with E-state index in [2.05, 4.69) is 10.3 Å². The molecule has 1 fully saturated rings. The lowest BCUT2D eigenvalue weighted by Gasteiger charge is -2.23. The minimum Gasteiger partial charge on any atom is -0.349 e. The molecule has 4 rings (SSSR count). The Morgan fingerprint density at radius 3 is 2.69 bits per heavy atom. The number of hydrogen-bond donors (Lipinski definition) is 1. The van der Waals surface area contributed by atoms with Crippen molar-refractivity contribution in [1.82, 2.24) is 15.2 Å². The Balaban J connectivity index is 1.40. The van der Waals surface area contributed by atoms with E-state index in [0.29, 0.717) is 28.8 Å². The monoisotopic (exact) mass is 443 g/mol. The largest absolute Gasteiger partial charge is 0.349 e. The van der Waals surface area contributed by atoms with Crippen LogP contribution < -0.4 is 5.32 Å². The summed E-state index contributed by atoms with van der Waals surface area (Å²) in [5, 5.41) is 6.18. The van der Waals surface area contributed by atoms with Crippen LogP contribution in [-0.2, 0) is 11.3 Å². The molecule has 0 saturated carbocycles. The van der Waals surface area contributed by atoms with Gasteiger partial charge in [0, 0.05) is 16.7 Å². The topological polar surface area (TPSA) is 62.3 Å². The van der Waals surface area contributed by atoms with E-state index in [4.69, 9.17) is 11.6 Å². The number of carbonyl (C=O) groups excluding carboxylic acids is 2. The number of nitrogens with one attached hydrogen (secondary N) is 1. The number of thiazole rings is 1. The van der Waals surface area contributed by atoms with Gasteiger partial charge < -0.3 is 10.2 Å². The number of rotatable bonds is 5. The van der Waals surface area contributed by atoms with Gasteiger partial charge in [0.2, 0.25) is 5.91 Å². The average Bonchev–Trinajstić information content (AvgIpc) is 3.42. The summed E-state index contributed by atoms with van der Waals surface area (Å²) in [6.07, 6.45) is 0. The molecular weight excluding hydrogens is 426 g/mol. The maximum atomic E-state index is 12.9. The fourth-order valence-electron chi connectivity index (χ4n) is 3.05. The van der Waals surface area contributed by atoms with E-state index in [1.807, 2.05) is 35.7 Å². The Hall–Kier alpha value is -2.35. The summed E-state index contributed by atoms with van der Waals surface area (Å²) in [6.45, 7) is 0.331. The standard InChI is InChI=1S/C21H18ClN3O2S2/c22-17-9-5-4-8-16(17)21(27)25-13-28-12-18(25)19(26)23-10-15-11-29-20(24-15)14-6-2-1-3-7-14/h1-9,11,18H,10,12-13H2,(H,23,26)/t18-/m1/s1. The van der Waals surface area contributed by atoms with E-state index >= 15 is 0 Å². The lowest BCUT2D eigenvalue weighted by atomic mass is 10.1. The highest BCUT2D eigenvalue weighted by molar-refractivity contribution is 7.99. The molecule has 0 unspecified atom stereocenters. The van der Waals surface area contributed by atoms with Gasteiger partial charge in [-0.1, -0.05) is 54.1 Å². The number of thioether (sulfide) groups is 1. The molecule has 8 heteroatoms. The Labute approximate surface area is 182 Å². The zero-order valence-corrected chi connectivity index (χ0v) is 17.8. The Morgan fingerprint density at radius 2 is 1.90 bits per heavy atom. The molecule has 0 spiro atoms. The third-order valence-corrected chi connectivity index (χ3v) is 6.85. The first-order chi connectivity index (χ1) is 14.1. The third-order valence-electron chi connectivity index (χ3n) is 4.57. The molecule has 0 bridgehead atoms. The van der Waals surface area contributed by atoms with Gasteiger partial charge in [-0.15, -0.1) is 23.1 Å². The van der Waals surface area contributed by atoms with Crippen molar-refractivity contribution in [3.05, 3.63) is 76.3 Å². The fourth-order valence-corrected chi connectivity index (χ4v) is 5.24. The Kier molecular flexibility index (Phi) is 6.18. The van der Waals surface area contributed by atoms with E-state index in [1.165, 1.54) is 0 Å². The van der Waals surface area contributed by atoms with Gasteiger partial charge in [-0.25, -0.2) is 4.98 Å². The Morgan fingerprint density at radius 1 is 1.14 bits per heavy atom. The molecule has 148 valence electrons. The number of benzene rings is 2. The van der Waals surface area contributed by atoms with Crippen molar-refractivity contribution in [2.45, 2.75) is 12.6 Å². The number of hydrogen-bond acceptors (Lipinski definition) is 5.